The lowest BCUT2D eigenvalue weighted by molar-refractivity contribution is 1.12. The van der Waals surface area contributed by atoms with Gasteiger partial charge < -0.3 is 5.43 Å². The lowest BCUT2D eigenvalue weighted by atomic mass is 10.2. The number of nitrogen functional groups attached to an aromatic ring is 1. The molecule has 0 atom stereocenters. The molecule has 0 unspecified atom stereocenters. The molecule has 0 fully saturated rings. The molecule has 16 heavy (non-hydrogen) atoms. The monoisotopic (exact) mass is 219 g/mol. The van der Waals surface area contributed by atoms with Gasteiger partial charge in [-0.25, -0.2) is 10.8 Å². The summed E-state index contributed by atoms with van der Waals surface area (Å²) in [5.74, 6) is 5.57. The number of rotatable bonds is 2. The minimum Gasteiger partial charge on any atom is -0.307 e. The first-order valence-corrected chi connectivity index (χ1v) is 4.98. The van der Waals surface area contributed by atoms with Crippen LogP contribution in [0.4, 0.5) is 5.82 Å². The summed E-state index contributed by atoms with van der Waals surface area (Å²) >= 11 is 0. The van der Waals surface area contributed by atoms with Crippen molar-refractivity contribution in [3.63, 3.8) is 0 Å². The zero-order chi connectivity index (χ0) is 11.6. The number of pyridine rings is 1. The summed E-state index contributed by atoms with van der Waals surface area (Å²) in [6.45, 7) is 2.13. The van der Waals surface area contributed by atoms with Gasteiger partial charge >= 0.3 is 0 Å². The highest BCUT2D eigenvalue weighted by molar-refractivity contribution is 5.26. The molecule has 5 nitrogen and oxygen atoms in total. The molecule has 0 bridgehead atoms. The number of hydrogen-bond acceptors (Lipinski definition) is 5. The van der Waals surface area contributed by atoms with Gasteiger partial charge in [0.1, 0.15) is 0 Å². The Morgan fingerprint density at radius 2 is 1.94 bits per heavy atom. The third-order valence-electron chi connectivity index (χ3n) is 1.87. The van der Waals surface area contributed by atoms with Crippen molar-refractivity contribution in [2.24, 2.45) is 5.84 Å². The van der Waals surface area contributed by atoms with E-state index in [9.17, 15) is 0 Å². The first-order chi connectivity index (χ1) is 7.86. The van der Waals surface area contributed by atoms with Crippen molar-refractivity contribution >= 4 is 5.82 Å². The number of aromatic nitrogens is 3. The molecular weight excluding hydrogens is 202 g/mol. The molecule has 0 saturated carbocycles. The van der Waals surface area contributed by atoms with Crippen LogP contribution in [0.3, 0.4) is 0 Å². The van der Waals surface area contributed by atoms with Gasteiger partial charge in [-0.3, -0.25) is 9.97 Å². The number of anilines is 1. The summed E-state index contributed by atoms with van der Waals surface area (Å²) in [7, 11) is 0. The number of hydrogen-bond donors (Lipinski definition) is 2. The van der Waals surface area contributed by atoms with E-state index in [-0.39, 0.29) is 1.43 Å². The second-order valence-electron chi connectivity index (χ2n) is 2.94. The van der Waals surface area contributed by atoms with Crippen molar-refractivity contribution in [3.8, 4) is 0 Å². The molecule has 0 spiro atoms. The van der Waals surface area contributed by atoms with E-state index in [2.05, 4.69) is 27.3 Å². The summed E-state index contributed by atoms with van der Waals surface area (Å²) < 4.78 is 0. The summed E-state index contributed by atoms with van der Waals surface area (Å²) in [6.07, 6.45) is 9.43. The van der Waals surface area contributed by atoms with Crippen LogP contribution >= 0.6 is 0 Å². The average Bonchev–Trinajstić information content (AvgIpc) is 2.41. The minimum atomic E-state index is 0. The Morgan fingerprint density at radius 1 is 1.19 bits per heavy atom. The van der Waals surface area contributed by atoms with E-state index >= 15 is 0 Å². The Kier molecular flexibility index (Phi) is 5.51. The van der Waals surface area contributed by atoms with Gasteiger partial charge in [0, 0.05) is 26.2 Å². The SMILES string of the molecule is CCc1ccncc1.NNc1cnccn1.[HH]. The first kappa shape index (κ1) is 12.1. The second-order valence-corrected chi connectivity index (χ2v) is 2.94. The number of hydrazine groups is 1. The van der Waals surface area contributed by atoms with Gasteiger partial charge in [-0.15, -0.1) is 0 Å². The lowest BCUT2D eigenvalue weighted by Gasteiger charge is -1.92. The van der Waals surface area contributed by atoms with Crippen LogP contribution in [-0.4, -0.2) is 15.0 Å². The largest absolute Gasteiger partial charge is 0.307 e. The molecule has 3 N–H and O–H groups in total. The zero-order valence-corrected chi connectivity index (χ0v) is 9.17. The van der Waals surface area contributed by atoms with Crippen LogP contribution in [0.25, 0.3) is 0 Å². The molecule has 5 heteroatoms. The van der Waals surface area contributed by atoms with Crippen molar-refractivity contribution < 1.29 is 1.43 Å². The highest BCUT2D eigenvalue weighted by Crippen LogP contribution is 1.94. The third kappa shape index (κ3) is 4.47. The lowest BCUT2D eigenvalue weighted by Crippen LogP contribution is -2.07. The summed E-state index contributed by atoms with van der Waals surface area (Å²) in [6, 6.07) is 4.06. The quantitative estimate of drug-likeness (QED) is 0.593. The fraction of sp³-hybridized carbons (Fsp3) is 0.182. The van der Waals surface area contributed by atoms with Crippen molar-refractivity contribution in [1.29, 1.82) is 0 Å². The van der Waals surface area contributed by atoms with E-state index in [1.54, 1.807) is 18.6 Å². The molecule has 0 saturated heterocycles. The van der Waals surface area contributed by atoms with Crippen LogP contribution in [0.1, 0.15) is 13.9 Å². The van der Waals surface area contributed by atoms with Gasteiger partial charge in [-0.05, 0) is 24.1 Å². The average molecular weight is 219 g/mol. The molecule has 0 amide bonds. The maximum absolute atomic E-state index is 5.00. The Hall–Kier alpha value is -2.01. The van der Waals surface area contributed by atoms with Gasteiger partial charge in [-0.2, -0.15) is 0 Å². The topological polar surface area (TPSA) is 76.7 Å². The van der Waals surface area contributed by atoms with Crippen LogP contribution in [0.5, 0.6) is 0 Å². The van der Waals surface area contributed by atoms with Gasteiger partial charge in [0.05, 0.1) is 6.20 Å². The summed E-state index contributed by atoms with van der Waals surface area (Å²) in [4.78, 5) is 11.4. The van der Waals surface area contributed by atoms with Crippen LogP contribution in [0, 0.1) is 0 Å². The molecule has 0 radical (unpaired) electrons. The van der Waals surface area contributed by atoms with E-state index in [1.165, 1.54) is 5.56 Å². The van der Waals surface area contributed by atoms with Crippen molar-refractivity contribution in [2.45, 2.75) is 13.3 Å². The number of nitrogens with one attached hydrogen (secondary N) is 1. The highest BCUT2D eigenvalue weighted by Gasteiger charge is 1.81. The van der Waals surface area contributed by atoms with Crippen LogP contribution in [0.2, 0.25) is 0 Å². The molecule has 0 aliphatic heterocycles. The van der Waals surface area contributed by atoms with E-state index in [4.69, 9.17) is 5.84 Å². The predicted molar refractivity (Wildman–Crippen MR) is 65.6 cm³/mol. The summed E-state index contributed by atoms with van der Waals surface area (Å²) in [5.41, 5.74) is 3.70. The molecule has 86 valence electrons. The molecule has 0 aromatic carbocycles. The number of nitrogens with zero attached hydrogens (tertiary/aromatic N) is 3. The third-order valence-corrected chi connectivity index (χ3v) is 1.87. The minimum absolute atomic E-state index is 0. The van der Waals surface area contributed by atoms with E-state index in [1.807, 2.05) is 24.5 Å². The molecule has 2 heterocycles. The van der Waals surface area contributed by atoms with E-state index < -0.39 is 0 Å². The van der Waals surface area contributed by atoms with Gasteiger partial charge in [0.25, 0.3) is 0 Å². The Balaban J connectivity index is 0.000000284. The molecule has 2 aromatic rings. The number of aryl methyl sites for hydroxylation is 1. The van der Waals surface area contributed by atoms with Crippen LogP contribution in [-0.2, 0) is 6.42 Å². The predicted octanol–water partition coefficient (Wildman–Crippen LogP) is 1.65. The summed E-state index contributed by atoms with van der Waals surface area (Å²) in [5, 5.41) is 0. The van der Waals surface area contributed by atoms with E-state index in [0.29, 0.717) is 5.82 Å². The molecule has 0 aliphatic rings. The first-order valence-electron chi connectivity index (χ1n) is 4.98. The van der Waals surface area contributed by atoms with Gasteiger partial charge in [-0.1, -0.05) is 6.92 Å². The molecule has 2 rings (SSSR count). The smallest absolute Gasteiger partial charge is 0.158 e. The number of nitrogens with two attached hydrogens (primary N) is 1. The van der Waals surface area contributed by atoms with Crippen LogP contribution < -0.4 is 11.3 Å². The maximum atomic E-state index is 5.00. The van der Waals surface area contributed by atoms with Crippen molar-refractivity contribution in [3.05, 3.63) is 48.7 Å². The maximum Gasteiger partial charge on any atom is 0.158 e. The Labute approximate surface area is 96.2 Å². The fourth-order valence-electron chi connectivity index (χ4n) is 0.992. The standard InChI is InChI=1S/C7H9N.C4H6N4.H2/c1-2-7-3-5-8-6-4-7;5-8-4-3-6-1-2-7-4;/h3-6H,2H2,1H3;1-3H,5H2,(H,7,8);1H. The highest BCUT2D eigenvalue weighted by atomic mass is 15.2. The Bertz CT molecular complexity index is 342. The van der Waals surface area contributed by atoms with Gasteiger partial charge in [0.15, 0.2) is 5.82 Å². The van der Waals surface area contributed by atoms with Crippen molar-refractivity contribution in [1.82, 2.24) is 15.0 Å². The normalized spacial score (nSPS) is 8.88. The van der Waals surface area contributed by atoms with Crippen molar-refractivity contribution in [2.75, 3.05) is 5.43 Å². The van der Waals surface area contributed by atoms with Gasteiger partial charge in [0.2, 0.25) is 0 Å². The molecule has 0 aliphatic carbocycles. The molecular formula is C11H17N5. The fourth-order valence-corrected chi connectivity index (χ4v) is 0.992. The molecule has 2 aromatic heterocycles. The zero-order valence-electron chi connectivity index (χ0n) is 9.17. The van der Waals surface area contributed by atoms with Crippen LogP contribution in [0.15, 0.2) is 43.1 Å². The second kappa shape index (κ2) is 7.30. The van der Waals surface area contributed by atoms with E-state index in [0.717, 1.165) is 6.42 Å². The Morgan fingerprint density at radius 3 is 2.31 bits per heavy atom.